The standard InChI is InChI=1S/C20H23F3N4O2.HI/c1-2-3-12-25-18(28)15-6-4-14(5-7-15)13-26-19(24)27-16-8-10-17(11-9-16)29-20(21,22)23;/h4-11H,2-3,12-13H2,1H3,(H,25,28)(H3,24,26,27);1H. The number of hydrogen-bond acceptors (Lipinski definition) is 3. The second kappa shape index (κ2) is 12.3. The Kier molecular flexibility index (Phi) is 10.4. The number of hydrogen-bond donors (Lipinski definition) is 3. The minimum Gasteiger partial charge on any atom is -0.406 e. The van der Waals surface area contributed by atoms with Gasteiger partial charge in [-0.25, -0.2) is 4.99 Å². The van der Waals surface area contributed by atoms with E-state index < -0.39 is 6.36 Å². The first-order valence-corrected chi connectivity index (χ1v) is 9.06. The fraction of sp³-hybridized carbons (Fsp3) is 0.300. The van der Waals surface area contributed by atoms with Crippen LogP contribution in [0.2, 0.25) is 0 Å². The molecule has 0 aliphatic heterocycles. The average Bonchev–Trinajstić information content (AvgIpc) is 2.67. The van der Waals surface area contributed by atoms with Gasteiger partial charge in [0.2, 0.25) is 0 Å². The van der Waals surface area contributed by atoms with E-state index in [1.165, 1.54) is 24.3 Å². The fourth-order valence-electron chi connectivity index (χ4n) is 2.35. The van der Waals surface area contributed by atoms with Gasteiger partial charge in [0.25, 0.3) is 5.91 Å². The largest absolute Gasteiger partial charge is 0.573 e. The molecular formula is C20H24F3IN4O2. The first-order valence-electron chi connectivity index (χ1n) is 9.06. The van der Waals surface area contributed by atoms with E-state index in [2.05, 4.69) is 27.3 Å². The van der Waals surface area contributed by atoms with Crippen molar-refractivity contribution in [2.45, 2.75) is 32.7 Å². The lowest BCUT2D eigenvalue weighted by Gasteiger charge is -2.10. The third kappa shape index (κ3) is 9.33. The number of anilines is 1. The van der Waals surface area contributed by atoms with E-state index in [1.807, 2.05) is 0 Å². The molecule has 30 heavy (non-hydrogen) atoms. The molecule has 164 valence electrons. The molecule has 0 radical (unpaired) electrons. The molecule has 0 aromatic heterocycles. The highest BCUT2D eigenvalue weighted by Crippen LogP contribution is 2.23. The number of nitrogens with one attached hydrogen (secondary N) is 2. The van der Waals surface area contributed by atoms with Crippen LogP contribution in [-0.4, -0.2) is 24.8 Å². The Morgan fingerprint density at radius 1 is 1.10 bits per heavy atom. The summed E-state index contributed by atoms with van der Waals surface area (Å²) in [6.45, 7) is 2.98. The molecule has 0 saturated heterocycles. The van der Waals surface area contributed by atoms with Crippen LogP contribution in [0.3, 0.4) is 0 Å². The van der Waals surface area contributed by atoms with E-state index in [0.29, 0.717) is 17.8 Å². The molecule has 2 aromatic carbocycles. The summed E-state index contributed by atoms with van der Waals surface area (Å²) >= 11 is 0. The Morgan fingerprint density at radius 3 is 2.30 bits per heavy atom. The number of carbonyl (C=O) groups excluding carboxylic acids is 1. The molecule has 10 heteroatoms. The fourth-order valence-corrected chi connectivity index (χ4v) is 2.35. The van der Waals surface area contributed by atoms with Crippen molar-refractivity contribution in [3.05, 3.63) is 59.7 Å². The molecule has 2 rings (SSSR count). The minimum atomic E-state index is -4.73. The maximum Gasteiger partial charge on any atom is 0.573 e. The maximum absolute atomic E-state index is 12.2. The normalized spacial score (nSPS) is 11.4. The van der Waals surface area contributed by atoms with Gasteiger partial charge in [0.05, 0.1) is 6.54 Å². The van der Waals surface area contributed by atoms with Gasteiger partial charge in [-0.2, -0.15) is 0 Å². The molecule has 4 N–H and O–H groups in total. The first kappa shape index (κ1) is 25.5. The summed E-state index contributed by atoms with van der Waals surface area (Å²) < 4.78 is 40.3. The molecule has 0 spiro atoms. The number of carbonyl (C=O) groups is 1. The molecule has 0 aliphatic carbocycles. The van der Waals surface area contributed by atoms with Gasteiger partial charge in [0, 0.05) is 17.8 Å². The van der Waals surface area contributed by atoms with Crippen LogP contribution in [0.5, 0.6) is 5.75 Å². The predicted molar refractivity (Wildman–Crippen MR) is 121 cm³/mol. The molecule has 0 fully saturated rings. The van der Waals surface area contributed by atoms with Crippen LogP contribution in [0.15, 0.2) is 53.5 Å². The van der Waals surface area contributed by atoms with E-state index in [1.54, 1.807) is 24.3 Å². The number of benzene rings is 2. The number of rotatable bonds is 8. The predicted octanol–water partition coefficient (Wildman–Crippen LogP) is 4.66. The van der Waals surface area contributed by atoms with Crippen molar-refractivity contribution in [2.24, 2.45) is 10.7 Å². The number of alkyl halides is 3. The second-order valence-corrected chi connectivity index (χ2v) is 6.21. The van der Waals surface area contributed by atoms with Crippen LogP contribution < -0.4 is 21.1 Å². The molecular weight excluding hydrogens is 512 g/mol. The van der Waals surface area contributed by atoms with E-state index in [-0.39, 0.29) is 48.1 Å². The Labute approximate surface area is 190 Å². The highest BCUT2D eigenvalue weighted by molar-refractivity contribution is 14.0. The topological polar surface area (TPSA) is 88.7 Å². The highest BCUT2D eigenvalue weighted by Gasteiger charge is 2.30. The van der Waals surface area contributed by atoms with E-state index in [4.69, 9.17) is 5.73 Å². The van der Waals surface area contributed by atoms with E-state index >= 15 is 0 Å². The first-order chi connectivity index (χ1) is 13.8. The van der Waals surface area contributed by atoms with Crippen LogP contribution in [-0.2, 0) is 6.54 Å². The number of aliphatic imine (C=N–C) groups is 1. The van der Waals surface area contributed by atoms with Gasteiger partial charge in [-0.3, -0.25) is 4.79 Å². The van der Waals surface area contributed by atoms with Crippen LogP contribution in [0.1, 0.15) is 35.7 Å². The zero-order chi connectivity index (χ0) is 21.3. The van der Waals surface area contributed by atoms with Gasteiger partial charge in [-0.1, -0.05) is 25.5 Å². The van der Waals surface area contributed by atoms with Crippen LogP contribution >= 0.6 is 24.0 Å². The third-order valence-corrected chi connectivity index (χ3v) is 3.82. The van der Waals surface area contributed by atoms with E-state index in [9.17, 15) is 18.0 Å². The number of halogens is 4. The number of nitrogens with zero attached hydrogens (tertiary/aromatic N) is 1. The van der Waals surface area contributed by atoms with Crippen LogP contribution in [0.4, 0.5) is 18.9 Å². The monoisotopic (exact) mass is 536 g/mol. The van der Waals surface area contributed by atoms with Gasteiger partial charge in [-0.15, -0.1) is 37.1 Å². The summed E-state index contributed by atoms with van der Waals surface area (Å²) in [4.78, 5) is 16.1. The third-order valence-electron chi connectivity index (χ3n) is 3.82. The lowest BCUT2D eigenvalue weighted by Crippen LogP contribution is -2.24. The molecule has 6 nitrogen and oxygen atoms in total. The Bertz CT molecular complexity index is 825. The van der Waals surface area contributed by atoms with E-state index in [0.717, 1.165) is 18.4 Å². The number of unbranched alkanes of at least 4 members (excludes halogenated alkanes) is 1. The molecule has 0 unspecified atom stereocenters. The minimum absolute atomic E-state index is 0. The maximum atomic E-state index is 12.2. The van der Waals surface area contributed by atoms with Gasteiger partial charge < -0.3 is 21.1 Å². The average molecular weight is 536 g/mol. The Hall–Kier alpha value is -2.50. The summed E-state index contributed by atoms with van der Waals surface area (Å²) in [6.07, 6.45) is -2.79. The van der Waals surface area contributed by atoms with Crippen molar-refractivity contribution in [3.8, 4) is 5.75 Å². The zero-order valence-electron chi connectivity index (χ0n) is 16.3. The number of guanidine groups is 1. The Balaban J connectivity index is 0.00000450. The highest BCUT2D eigenvalue weighted by atomic mass is 127. The zero-order valence-corrected chi connectivity index (χ0v) is 18.7. The van der Waals surface area contributed by atoms with Gasteiger partial charge in [-0.05, 0) is 48.4 Å². The quantitative estimate of drug-likeness (QED) is 0.198. The summed E-state index contributed by atoms with van der Waals surface area (Å²) in [6, 6.07) is 12.2. The van der Waals surface area contributed by atoms with Crippen molar-refractivity contribution in [1.29, 1.82) is 0 Å². The Morgan fingerprint density at radius 2 is 1.73 bits per heavy atom. The van der Waals surface area contributed by atoms with Gasteiger partial charge in [0.15, 0.2) is 5.96 Å². The van der Waals surface area contributed by atoms with Crippen molar-refractivity contribution in [3.63, 3.8) is 0 Å². The van der Waals surface area contributed by atoms with Crippen molar-refractivity contribution >= 4 is 41.5 Å². The number of amides is 1. The molecule has 1 amide bonds. The molecule has 0 atom stereocenters. The van der Waals surface area contributed by atoms with Gasteiger partial charge in [0.1, 0.15) is 5.75 Å². The summed E-state index contributed by atoms with van der Waals surface area (Å²) in [5, 5.41) is 5.63. The smallest absolute Gasteiger partial charge is 0.406 e. The lowest BCUT2D eigenvalue weighted by atomic mass is 10.1. The lowest BCUT2D eigenvalue weighted by molar-refractivity contribution is -0.274. The molecule has 0 saturated carbocycles. The molecule has 2 aromatic rings. The molecule has 0 aliphatic rings. The second-order valence-electron chi connectivity index (χ2n) is 6.21. The van der Waals surface area contributed by atoms with Crippen molar-refractivity contribution in [1.82, 2.24) is 5.32 Å². The van der Waals surface area contributed by atoms with Crippen molar-refractivity contribution in [2.75, 3.05) is 11.9 Å². The number of nitrogens with two attached hydrogens (primary N) is 1. The van der Waals surface area contributed by atoms with Crippen LogP contribution in [0, 0.1) is 0 Å². The summed E-state index contributed by atoms with van der Waals surface area (Å²) in [7, 11) is 0. The SMILES string of the molecule is CCCCNC(=O)c1ccc(CN=C(N)Nc2ccc(OC(F)(F)F)cc2)cc1.I. The summed E-state index contributed by atoms with van der Waals surface area (Å²) in [5.41, 5.74) is 7.70. The van der Waals surface area contributed by atoms with Crippen LogP contribution in [0.25, 0.3) is 0 Å². The van der Waals surface area contributed by atoms with Gasteiger partial charge >= 0.3 is 6.36 Å². The molecule has 0 heterocycles. The van der Waals surface area contributed by atoms with Crippen molar-refractivity contribution < 1.29 is 22.7 Å². The summed E-state index contributed by atoms with van der Waals surface area (Å²) in [5.74, 6) is -0.333. The number of ether oxygens (including phenoxy) is 1. The molecule has 0 bridgehead atoms.